The Morgan fingerprint density at radius 3 is 1.52 bits per heavy atom. The summed E-state index contributed by atoms with van der Waals surface area (Å²) in [5.74, 6) is -3.47. The number of alkyl halides is 1. The summed E-state index contributed by atoms with van der Waals surface area (Å²) in [4.78, 5) is 63.5. The van der Waals surface area contributed by atoms with Gasteiger partial charge in [0.1, 0.15) is 5.38 Å². The number of carbonyl (C=O) groups is 4. The lowest BCUT2D eigenvalue weighted by molar-refractivity contribution is -0.263. The van der Waals surface area contributed by atoms with Crippen molar-refractivity contribution in [3.05, 3.63) is 0 Å². The Kier molecular flexibility index (Phi) is 17.1. The van der Waals surface area contributed by atoms with E-state index in [1.165, 1.54) is 0 Å². The van der Waals surface area contributed by atoms with E-state index in [1.807, 2.05) is 0 Å². The second kappa shape index (κ2) is 18.2. The van der Waals surface area contributed by atoms with Crippen molar-refractivity contribution in [1.29, 1.82) is 0 Å². The zero-order valence-electron chi connectivity index (χ0n) is 17.4. The third kappa shape index (κ3) is 16.8. The third-order valence-electron chi connectivity index (χ3n) is 4.01. The molecule has 0 radical (unpaired) electrons. The van der Waals surface area contributed by atoms with Crippen LogP contribution in [-0.2, 0) is 38.7 Å². The molecule has 0 amide bonds. The van der Waals surface area contributed by atoms with Gasteiger partial charge in [-0.2, -0.15) is 0 Å². The fourth-order valence-corrected chi connectivity index (χ4v) is 2.49. The molecule has 0 N–H and O–H groups in total. The van der Waals surface area contributed by atoms with Gasteiger partial charge in [0.05, 0.1) is 19.3 Å². The molecule has 8 nitrogen and oxygen atoms in total. The van der Waals surface area contributed by atoms with Crippen LogP contribution in [0.2, 0.25) is 0 Å². The van der Waals surface area contributed by atoms with E-state index in [1.54, 1.807) is 0 Å². The van der Waals surface area contributed by atoms with Crippen LogP contribution in [0.4, 0.5) is 0 Å². The van der Waals surface area contributed by atoms with Crippen molar-refractivity contribution < 1.29 is 38.7 Å². The van der Waals surface area contributed by atoms with E-state index in [0.717, 1.165) is 51.4 Å². The Labute approximate surface area is 177 Å². The van der Waals surface area contributed by atoms with Gasteiger partial charge in [0.2, 0.25) is 0 Å². The van der Waals surface area contributed by atoms with Gasteiger partial charge in [-0.15, -0.1) is 11.6 Å². The van der Waals surface area contributed by atoms with Crippen molar-refractivity contribution in [2.45, 2.75) is 103 Å². The number of unbranched alkanes of at least 4 members (excludes halogenated alkanes) is 8. The molecule has 0 spiro atoms. The van der Waals surface area contributed by atoms with Gasteiger partial charge in [0.15, 0.2) is 0 Å². The first kappa shape index (κ1) is 27.2. The van der Waals surface area contributed by atoms with Crippen molar-refractivity contribution >= 4 is 35.5 Å². The Balaban J connectivity index is 3.85. The summed E-state index contributed by atoms with van der Waals surface area (Å²) >= 11 is 5.71. The van der Waals surface area contributed by atoms with Gasteiger partial charge >= 0.3 is 23.9 Å². The van der Waals surface area contributed by atoms with Crippen molar-refractivity contribution in [1.82, 2.24) is 0 Å². The summed E-state index contributed by atoms with van der Waals surface area (Å²) in [6.07, 6.45) is 9.18. The normalized spacial score (nSPS) is 11.4. The number of hydrogen-bond donors (Lipinski definition) is 0. The predicted octanol–water partition coefficient (Wildman–Crippen LogP) is 4.71. The second-order valence-corrected chi connectivity index (χ2v) is 7.30. The van der Waals surface area contributed by atoms with Gasteiger partial charge in [-0.1, -0.05) is 65.2 Å². The monoisotopic (exact) mass is 436 g/mol. The van der Waals surface area contributed by atoms with Crippen LogP contribution in [0.1, 0.15) is 97.3 Å². The standard InChI is InChI=1S/C20H33ClO8/c1-3-5-7-9-11-13-17(22)26-28-19(24)15-16(21)20(25)29-27-18(23)14-12-10-8-6-4-2/h16H,3-15H2,1-2H3. The summed E-state index contributed by atoms with van der Waals surface area (Å²) in [5.41, 5.74) is 0. The lowest BCUT2D eigenvalue weighted by Crippen LogP contribution is -2.24. The van der Waals surface area contributed by atoms with Crippen molar-refractivity contribution in [3.8, 4) is 0 Å². The molecule has 0 saturated carbocycles. The molecule has 0 aliphatic rings. The molecule has 0 aromatic rings. The smallest absolute Gasteiger partial charge is 0.247 e. The Hall–Kier alpha value is -1.83. The molecule has 0 bridgehead atoms. The topological polar surface area (TPSA) is 105 Å². The van der Waals surface area contributed by atoms with Crippen LogP contribution >= 0.6 is 11.6 Å². The minimum Gasteiger partial charge on any atom is -0.247 e. The molecule has 29 heavy (non-hydrogen) atoms. The fourth-order valence-electron chi connectivity index (χ4n) is 2.33. The van der Waals surface area contributed by atoms with Crippen LogP contribution in [0.25, 0.3) is 0 Å². The number of carbonyl (C=O) groups excluding carboxylic acids is 4. The Bertz CT molecular complexity index is 495. The van der Waals surface area contributed by atoms with Gasteiger partial charge in [-0.25, -0.2) is 38.7 Å². The van der Waals surface area contributed by atoms with E-state index in [2.05, 4.69) is 33.4 Å². The summed E-state index contributed by atoms with van der Waals surface area (Å²) in [6.45, 7) is 4.18. The molecule has 0 aromatic heterocycles. The first-order valence-electron chi connectivity index (χ1n) is 10.4. The number of hydrogen-bond acceptors (Lipinski definition) is 8. The second-order valence-electron chi connectivity index (χ2n) is 6.77. The SMILES string of the molecule is CCCCCCCC(=O)OOC(=O)CC(Cl)C(=O)OOC(=O)CCCCCCC. The van der Waals surface area contributed by atoms with Crippen LogP contribution in [0.5, 0.6) is 0 Å². The van der Waals surface area contributed by atoms with Crippen LogP contribution in [0.15, 0.2) is 0 Å². The van der Waals surface area contributed by atoms with E-state index in [9.17, 15) is 19.2 Å². The molecule has 0 heterocycles. The van der Waals surface area contributed by atoms with Gasteiger partial charge in [-0.05, 0) is 12.8 Å². The maximum Gasteiger partial charge on any atom is 0.373 e. The van der Waals surface area contributed by atoms with Crippen molar-refractivity contribution in [2.75, 3.05) is 0 Å². The van der Waals surface area contributed by atoms with E-state index in [0.29, 0.717) is 12.8 Å². The number of halogens is 1. The molecule has 0 aliphatic carbocycles. The quantitative estimate of drug-likeness (QED) is 0.157. The van der Waals surface area contributed by atoms with E-state index in [4.69, 9.17) is 11.6 Å². The van der Waals surface area contributed by atoms with E-state index in [-0.39, 0.29) is 12.8 Å². The lowest BCUT2D eigenvalue weighted by atomic mass is 10.1. The largest absolute Gasteiger partial charge is 0.373 e. The molecule has 0 aromatic carbocycles. The summed E-state index contributed by atoms with van der Waals surface area (Å²) in [7, 11) is 0. The zero-order chi connectivity index (χ0) is 21.9. The summed E-state index contributed by atoms with van der Waals surface area (Å²) < 4.78 is 0. The molecular weight excluding hydrogens is 404 g/mol. The van der Waals surface area contributed by atoms with Gasteiger partial charge in [0.25, 0.3) is 0 Å². The first-order chi connectivity index (χ1) is 13.9. The van der Waals surface area contributed by atoms with Gasteiger partial charge in [0, 0.05) is 0 Å². The third-order valence-corrected chi connectivity index (χ3v) is 4.35. The lowest BCUT2D eigenvalue weighted by Gasteiger charge is -2.08. The minimum atomic E-state index is -1.44. The minimum absolute atomic E-state index is 0.125. The molecule has 1 unspecified atom stereocenters. The highest BCUT2D eigenvalue weighted by atomic mass is 35.5. The van der Waals surface area contributed by atoms with E-state index < -0.39 is 35.7 Å². The average molecular weight is 437 g/mol. The van der Waals surface area contributed by atoms with Gasteiger partial charge < -0.3 is 0 Å². The first-order valence-corrected chi connectivity index (χ1v) is 10.8. The molecule has 168 valence electrons. The number of rotatable bonds is 15. The molecule has 0 rings (SSSR count). The summed E-state index contributed by atoms with van der Waals surface area (Å²) in [5, 5.41) is -1.44. The van der Waals surface area contributed by atoms with Crippen LogP contribution in [0.3, 0.4) is 0 Å². The highest BCUT2D eigenvalue weighted by molar-refractivity contribution is 6.30. The maximum absolute atomic E-state index is 11.6. The van der Waals surface area contributed by atoms with Crippen molar-refractivity contribution in [2.24, 2.45) is 0 Å². The highest BCUT2D eigenvalue weighted by Gasteiger charge is 2.25. The fraction of sp³-hybridized carbons (Fsp3) is 0.800. The molecule has 9 heteroatoms. The molecular formula is C20H33ClO8. The van der Waals surface area contributed by atoms with Crippen LogP contribution in [-0.4, -0.2) is 29.3 Å². The molecule has 0 aliphatic heterocycles. The maximum atomic E-state index is 11.6. The molecule has 0 saturated heterocycles. The Morgan fingerprint density at radius 1 is 0.621 bits per heavy atom. The zero-order valence-corrected chi connectivity index (χ0v) is 18.2. The molecule has 0 fully saturated rings. The average Bonchev–Trinajstić information content (AvgIpc) is 2.70. The molecule has 1 atom stereocenters. The Morgan fingerprint density at radius 2 is 1.03 bits per heavy atom. The highest BCUT2D eigenvalue weighted by Crippen LogP contribution is 2.10. The van der Waals surface area contributed by atoms with Crippen molar-refractivity contribution in [3.63, 3.8) is 0 Å². The van der Waals surface area contributed by atoms with Crippen LogP contribution < -0.4 is 0 Å². The summed E-state index contributed by atoms with van der Waals surface area (Å²) in [6, 6.07) is 0. The predicted molar refractivity (Wildman–Crippen MR) is 105 cm³/mol. The van der Waals surface area contributed by atoms with Gasteiger partial charge in [-0.3, -0.25) is 0 Å². The van der Waals surface area contributed by atoms with Crippen LogP contribution in [0, 0.1) is 0 Å². The van der Waals surface area contributed by atoms with E-state index >= 15 is 0 Å².